The quantitative estimate of drug-likeness (QED) is 0.373. The van der Waals surface area contributed by atoms with Gasteiger partial charge in [0.1, 0.15) is 0 Å². The third-order valence-electron chi connectivity index (χ3n) is 3.75. The Morgan fingerprint density at radius 2 is 0.952 bits per heavy atom. The zero-order valence-corrected chi connectivity index (χ0v) is 14.3. The Morgan fingerprint density at radius 1 is 0.524 bits per heavy atom. The van der Waals surface area contributed by atoms with Crippen LogP contribution in [0.1, 0.15) is 84.0 Å². The van der Waals surface area contributed by atoms with E-state index in [-0.39, 0.29) is 6.61 Å². The molecule has 0 rings (SSSR count). The molecule has 0 fully saturated rings. The van der Waals surface area contributed by atoms with Gasteiger partial charge >= 0.3 is 0 Å². The molecule has 0 bridgehead atoms. The minimum atomic E-state index is 0.0960. The van der Waals surface area contributed by atoms with Crippen molar-refractivity contribution in [3.8, 4) is 0 Å². The van der Waals surface area contributed by atoms with E-state index in [2.05, 4.69) is 6.92 Å². The summed E-state index contributed by atoms with van der Waals surface area (Å²) in [5, 5.41) is 8.53. The van der Waals surface area contributed by atoms with E-state index in [1.807, 2.05) is 0 Å². The molecule has 0 aromatic carbocycles. The van der Waals surface area contributed by atoms with Crippen molar-refractivity contribution in [3.63, 3.8) is 0 Å². The lowest BCUT2D eigenvalue weighted by Crippen LogP contribution is -2.07. The highest BCUT2D eigenvalue weighted by molar-refractivity contribution is 4.48. The standard InChI is InChI=1S/C18H38O3/c1-2-3-4-5-6-7-8-9-10-11-12-13-15-20-17-18-21-16-14-19/h19H,2-18H2,1H3. The van der Waals surface area contributed by atoms with Gasteiger partial charge in [-0.1, -0.05) is 77.6 Å². The maximum atomic E-state index is 8.53. The number of hydrogen-bond acceptors (Lipinski definition) is 3. The highest BCUT2D eigenvalue weighted by Gasteiger charge is 1.94. The first-order chi connectivity index (χ1) is 10.4. The minimum Gasteiger partial charge on any atom is -0.394 e. The van der Waals surface area contributed by atoms with Gasteiger partial charge in [0.25, 0.3) is 0 Å². The maximum Gasteiger partial charge on any atom is 0.0701 e. The van der Waals surface area contributed by atoms with Crippen LogP contribution in [0.25, 0.3) is 0 Å². The molecule has 0 heterocycles. The normalized spacial score (nSPS) is 11.1. The number of ether oxygens (including phenoxy) is 2. The average molecular weight is 302 g/mol. The molecule has 3 heteroatoms. The van der Waals surface area contributed by atoms with E-state index in [4.69, 9.17) is 14.6 Å². The van der Waals surface area contributed by atoms with Crippen molar-refractivity contribution in [1.29, 1.82) is 0 Å². The van der Waals surface area contributed by atoms with Crippen LogP contribution in [-0.4, -0.2) is 38.1 Å². The molecule has 1 N–H and O–H groups in total. The van der Waals surface area contributed by atoms with Crippen LogP contribution in [0.2, 0.25) is 0 Å². The van der Waals surface area contributed by atoms with Gasteiger partial charge < -0.3 is 14.6 Å². The van der Waals surface area contributed by atoms with Crippen molar-refractivity contribution in [1.82, 2.24) is 0 Å². The molecule has 0 aromatic heterocycles. The predicted octanol–water partition coefficient (Wildman–Crippen LogP) is 4.71. The summed E-state index contributed by atoms with van der Waals surface area (Å²) >= 11 is 0. The second-order valence-corrected chi connectivity index (χ2v) is 5.84. The van der Waals surface area contributed by atoms with Gasteiger partial charge in [-0.3, -0.25) is 0 Å². The van der Waals surface area contributed by atoms with Crippen LogP contribution in [0.4, 0.5) is 0 Å². The summed E-state index contributed by atoms with van der Waals surface area (Å²) < 4.78 is 10.6. The average Bonchev–Trinajstić information content (AvgIpc) is 2.50. The van der Waals surface area contributed by atoms with Crippen LogP contribution in [-0.2, 0) is 9.47 Å². The Hall–Kier alpha value is -0.120. The van der Waals surface area contributed by atoms with Gasteiger partial charge in [0.15, 0.2) is 0 Å². The third kappa shape index (κ3) is 19.9. The summed E-state index contributed by atoms with van der Waals surface area (Å²) in [5.74, 6) is 0. The van der Waals surface area contributed by atoms with Gasteiger partial charge in [0.05, 0.1) is 26.4 Å². The highest BCUT2D eigenvalue weighted by atomic mass is 16.5. The fourth-order valence-corrected chi connectivity index (χ4v) is 2.43. The molecule has 0 aromatic rings. The first kappa shape index (κ1) is 20.9. The zero-order chi connectivity index (χ0) is 15.4. The Balaban J connectivity index is 2.90. The van der Waals surface area contributed by atoms with E-state index >= 15 is 0 Å². The van der Waals surface area contributed by atoms with Crippen molar-refractivity contribution in [2.24, 2.45) is 0 Å². The van der Waals surface area contributed by atoms with Crippen LogP contribution >= 0.6 is 0 Å². The van der Waals surface area contributed by atoms with Crippen LogP contribution < -0.4 is 0 Å². The lowest BCUT2D eigenvalue weighted by Gasteiger charge is -2.05. The summed E-state index contributed by atoms with van der Waals surface area (Å²) in [6, 6.07) is 0. The molecule has 0 saturated heterocycles. The topological polar surface area (TPSA) is 38.7 Å². The molecule has 0 amide bonds. The van der Waals surface area contributed by atoms with Gasteiger partial charge in [-0.15, -0.1) is 0 Å². The number of aliphatic hydroxyl groups excluding tert-OH is 1. The van der Waals surface area contributed by atoms with Crippen LogP contribution in [0, 0.1) is 0 Å². The molecular weight excluding hydrogens is 264 g/mol. The van der Waals surface area contributed by atoms with E-state index in [0.29, 0.717) is 19.8 Å². The van der Waals surface area contributed by atoms with Crippen molar-refractivity contribution in [2.45, 2.75) is 84.0 Å². The zero-order valence-electron chi connectivity index (χ0n) is 14.3. The molecule has 21 heavy (non-hydrogen) atoms. The fourth-order valence-electron chi connectivity index (χ4n) is 2.43. The van der Waals surface area contributed by atoms with Crippen LogP contribution in [0.3, 0.4) is 0 Å². The van der Waals surface area contributed by atoms with Crippen molar-refractivity contribution >= 4 is 0 Å². The molecule has 0 atom stereocenters. The number of unbranched alkanes of at least 4 members (excludes halogenated alkanes) is 11. The number of aliphatic hydroxyl groups is 1. The van der Waals surface area contributed by atoms with E-state index < -0.39 is 0 Å². The summed E-state index contributed by atoms with van der Waals surface area (Å²) in [6.07, 6.45) is 16.5. The Kier molecular flexibility index (Phi) is 19.8. The third-order valence-corrected chi connectivity index (χ3v) is 3.75. The van der Waals surface area contributed by atoms with E-state index in [1.54, 1.807) is 0 Å². The minimum absolute atomic E-state index is 0.0960. The van der Waals surface area contributed by atoms with Crippen molar-refractivity contribution in [2.75, 3.05) is 33.0 Å². The molecule has 0 saturated carbocycles. The van der Waals surface area contributed by atoms with Gasteiger partial charge in [0, 0.05) is 6.61 Å². The van der Waals surface area contributed by atoms with Crippen LogP contribution in [0.5, 0.6) is 0 Å². The Morgan fingerprint density at radius 3 is 1.43 bits per heavy atom. The van der Waals surface area contributed by atoms with E-state index in [0.717, 1.165) is 13.0 Å². The highest BCUT2D eigenvalue weighted by Crippen LogP contribution is 2.11. The molecular formula is C18H38O3. The lowest BCUT2D eigenvalue weighted by atomic mass is 10.1. The van der Waals surface area contributed by atoms with Crippen molar-refractivity contribution in [3.05, 3.63) is 0 Å². The lowest BCUT2D eigenvalue weighted by molar-refractivity contribution is 0.0321. The van der Waals surface area contributed by atoms with E-state index in [9.17, 15) is 0 Å². The molecule has 0 radical (unpaired) electrons. The maximum absolute atomic E-state index is 8.53. The predicted molar refractivity (Wildman–Crippen MR) is 89.8 cm³/mol. The van der Waals surface area contributed by atoms with Gasteiger partial charge in [-0.05, 0) is 6.42 Å². The molecule has 128 valence electrons. The van der Waals surface area contributed by atoms with Gasteiger partial charge in [-0.25, -0.2) is 0 Å². The smallest absolute Gasteiger partial charge is 0.0701 e. The summed E-state index contributed by atoms with van der Waals surface area (Å²) in [4.78, 5) is 0. The monoisotopic (exact) mass is 302 g/mol. The van der Waals surface area contributed by atoms with Crippen LogP contribution in [0.15, 0.2) is 0 Å². The number of rotatable bonds is 18. The van der Waals surface area contributed by atoms with Gasteiger partial charge in [0.2, 0.25) is 0 Å². The van der Waals surface area contributed by atoms with E-state index in [1.165, 1.54) is 70.6 Å². The first-order valence-electron chi connectivity index (χ1n) is 9.18. The van der Waals surface area contributed by atoms with Gasteiger partial charge in [-0.2, -0.15) is 0 Å². The largest absolute Gasteiger partial charge is 0.394 e. The second-order valence-electron chi connectivity index (χ2n) is 5.84. The molecule has 3 nitrogen and oxygen atoms in total. The molecule has 0 unspecified atom stereocenters. The molecule has 0 aliphatic heterocycles. The first-order valence-corrected chi connectivity index (χ1v) is 9.18. The van der Waals surface area contributed by atoms with Crippen molar-refractivity contribution < 1.29 is 14.6 Å². The Labute approximate surface area is 132 Å². The number of hydrogen-bond donors (Lipinski definition) is 1. The second kappa shape index (κ2) is 19.9. The fraction of sp³-hybridized carbons (Fsp3) is 1.00. The SMILES string of the molecule is CCCCCCCCCCCCCCOCCOCCO. The summed E-state index contributed by atoms with van der Waals surface area (Å²) in [7, 11) is 0. The molecule has 0 aliphatic rings. The molecule has 0 spiro atoms. The summed E-state index contributed by atoms with van der Waals surface area (Å²) in [5.41, 5.74) is 0. The summed E-state index contributed by atoms with van der Waals surface area (Å²) in [6.45, 7) is 4.88. The molecule has 0 aliphatic carbocycles. The Bertz CT molecular complexity index is 156.